The molecular formula is C18H15BrFN3O2. The third kappa shape index (κ3) is 4.32. The van der Waals surface area contributed by atoms with E-state index in [0.717, 1.165) is 10.2 Å². The van der Waals surface area contributed by atoms with E-state index in [0.29, 0.717) is 11.1 Å². The molecule has 0 aliphatic rings. The van der Waals surface area contributed by atoms with Gasteiger partial charge in [-0.15, -0.1) is 0 Å². The lowest BCUT2D eigenvalue weighted by Crippen LogP contribution is -2.28. The van der Waals surface area contributed by atoms with Crippen molar-refractivity contribution in [3.63, 3.8) is 0 Å². The summed E-state index contributed by atoms with van der Waals surface area (Å²) in [6.45, 7) is 0.0218. The smallest absolute Gasteiger partial charge is 0.254 e. The van der Waals surface area contributed by atoms with E-state index in [-0.39, 0.29) is 18.3 Å². The second-order valence-corrected chi connectivity index (χ2v) is 6.34. The molecule has 1 aromatic heterocycles. The van der Waals surface area contributed by atoms with Gasteiger partial charge in [0.1, 0.15) is 5.82 Å². The van der Waals surface area contributed by atoms with Crippen LogP contribution in [0.1, 0.15) is 22.0 Å². The summed E-state index contributed by atoms with van der Waals surface area (Å²) in [6, 6.07) is 13.0. The number of carbonyl (C=O) groups is 1. The zero-order chi connectivity index (χ0) is 17.8. The molecular weight excluding hydrogens is 389 g/mol. The summed E-state index contributed by atoms with van der Waals surface area (Å²) in [5, 5.41) is 16.9. The molecule has 0 fully saturated rings. The van der Waals surface area contributed by atoms with Crippen LogP contribution in [-0.2, 0) is 0 Å². The summed E-state index contributed by atoms with van der Waals surface area (Å²) in [7, 11) is 0. The van der Waals surface area contributed by atoms with E-state index in [4.69, 9.17) is 0 Å². The van der Waals surface area contributed by atoms with Gasteiger partial charge in [0.25, 0.3) is 5.91 Å². The predicted octanol–water partition coefficient (Wildman–Crippen LogP) is 3.24. The number of nitrogens with zero attached hydrogens (tertiary/aromatic N) is 2. The Morgan fingerprint density at radius 1 is 1.20 bits per heavy atom. The quantitative estimate of drug-likeness (QED) is 0.686. The Morgan fingerprint density at radius 3 is 2.56 bits per heavy atom. The fourth-order valence-electron chi connectivity index (χ4n) is 2.27. The van der Waals surface area contributed by atoms with Crippen LogP contribution in [0.2, 0.25) is 0 Å². The van der Waals surface area contributed by atoms with Gasteiger partial charge in [0.05, 0.1) is 23.6 Å². The van der Waals surface area contributed by atoms with E-state index in [9.17, 15) is 14.3 Å². The molecule has 2 N–H and O–H groups in total. The van der Waals surface area contributed by atoms with E-state index in [1.54, 1.807) is 10.9 Å². The Balaban J connectivity index is 1.62. The van der Waals surface area contributed by atoms with E-state index in [1.807, 2.05) is 24.3 Å². The number of aliphatic hydroxyl groups is 1. The summed E-state index contributed by atoms with van der Waals surface area (Å²) in [4.78, 5) is 12.2. The second-order valence-electron chi connectivity index (χ2n) is 5.43. The van der Waals surface area contributed by atoms with Gasteiger partial charge in [-0.05, 0) is 42.0 Å². The van der Waals surface area contributed by atoms with E-state index >= 15 is 0 Å². The van der Waals surface area contributed by atoms with Gasteiger partial charge in [0.2, 0.25) is 0 Å². The SMILES string of the molecule is O=C(NCC(O)c1ccc(F)cc1)c1cnn(-c2ccc(Br)cc2)c1. The minimum atomic E-state index is -0.911. The van der Waals surface area contributed by atoms with Crippen molar-refractivity contribution in [1.82, 2.24) is 15.1 Å². The fourth-order valence-corrected chi connectivity index (χ4v) is 2.53. The van der Waals surface area contributed by atoms with Gasteiger partial charge >= 0.3 is 0 Å². The highest BCUT2D eigenvalue weighted by molar-refractivity contribution is 9.10. The molecule has 3 rings (SSSR count). The highest BCUT2D eigenvalue weighted by Crippen LogP contribution is 2.15. The topological polar surface area (TPSA) is 67.2 Å². The number of hydrogen-bond donors (Lipinski definition) is 2. The average Bonchev–Trinajstić information content (AvgIpc) is 3.11. The third-order valence-corrected chi connectivity index (χ3v) is 4.18. The average molecular weight is 404 g/mol. The van der Waals surface area contributed by atoms with Crippen LogP contribution in [0, 0.1) is 5.82 Å². The molecule has 0 radical (unpaired) electrons. The first-order chi connectivity index (χ1) is 12.0. The van der Waals surface area contributed by atoms with Gasteiger partial charge in [0, 0.05) is 17.2 Å². The zero-order valence-corrected chi connectivity index (χ0v) is 14.6. The molecule has 128 valence electrons. The monoisotopic (exact) mass is 403 g/mol. The van der Waals surface area contributed by atoms with Crippen LogP contribution in [0.3, 0.4) is 0 Å². The standard InChI is InChI=1S/C18H15BrFN3O2/c19-14-3-7-16(8-4-14)23-11-13(9-22-23)18(25)21-10-17(24)12-1-5-15(20)6-2-12/h1-9,11,17,24H,10H2,(H,21,25). The Kier molecular flexibility index (Phi) is 5.25. The normalized spacial score (nSPS) is 12.0. The van der Waals surface area contributed by atoms with Crippen LogP contribution in [0.5, 0.6) is 0 Å². The molecule has 0 aliphatic heterocycles. The number of carbonyl (C=O) groups excluding carboxylic acids is 1. The summed E-state index contributed by atoms with van der Waals surface area (Å²) in [5.41, 5.74) is 1.75. The minimum absolute atomic E-state index is 0.0218. The predicted molar refractivity (Wildman–Crippen MR) is 95.0 cm³/mol. The molecule has 25 heavy (non-hydrogen) atoms. The van der Waals surface area contributed by atoms with Gasteiger partial charge < -0.3 is 10.4 Å². The molecule has 1 unspecified atom stereocenters. The molecule has 0 spiro atoms. The molecule has 0 saturated heterocycles. The van der Waals surface area contributed by atoms with Crippen molar-refractivity contribution in [3.8, 4) is 5.69 Å². The van der Waals surface area contributed by atoms with Gasteiger partial charge in [-0.3, -0.25) is 4.79 Å². The molecule has 1 atom stereocenters. The molecule has 0 bridgehead atoms. The van der Waals surface area contributed by atoms with E-state index in [2.05, 4.69) is 26.3 Å². The van der Waals surface area contributed by atoms with Crippen LogP contribution in [-0.4, -0.2) is 27.3 Å². The summed E-state index contributed by atoms with van der Waals surface area (Å²) in [6.07, 6.45) is 2.16. The number of aromatic nitrogens is 2. The van der Waals surface area contributed by atoms with Crippen LogP contribution >= 0.6 is 15.9 Å². The molecule has 7 heteroatoms. The number of hydrogen-bond acceptors (Lipinski definition) is 3. The first-order valence-corrected chi connectivity index (χ1v) is 8.34. The van der Waals surface area contributed by atoms with Gasteiger partial charge in [-0.1, -0.05) is 28.1 Å². The molecule has 1 amide bonds. The highest BCUT2D eigenvalue weighted by Gasteiger charge is 2.13. The highest BCUT2D eigenvalue weighted by atomic mass is 79.9. The van der Waals surface area contributed by atoms with Crippen molar-refractivity contribution in [2.24, 2.45) is 0 Å². The number of nitrogens with one attached hydrogen (secondary N) is 1. The first-order valence-electron chi connectivity index (χ1n) is 7.55. The van der Waals surface area contributed by atoms with Crippen LogP contribution in [0.15, 0.2) is 65.4 Å². The molecule has 5 nitrogen and oxygen atoms in total. The van der Waals surface area contributed by atoms with E-state index in [1.165, 1.54) is 30.5 Å². The summed E-state index contributed by atoms with van der Waals surface area (Å²) in [5.74, 6) is -0.718. The molecule has 3 aromatic rings. The first kappa shape index (κ1) is 17.3. The Morgan fingerprint density at radius 2 is 1.88 bits per heavy atom. The fraction of sp³-hybridized carbons (Fsp3) is 0.111. The maximum absolute atomic E-state index is 12.9. The van der Waals surface area contributed by atoms with Crippen molar-refractivity contribution < 1.29 is 14.3 Å². The third-order valence-electron chi connectivity index (χ3n) is 3.65. The summed E-state index contributed by atoms with van der Waals surface area (Å²) >= 11 is 3.37. The lowest BCUT2D eigenvalue weighted by Gasteiger charge is -2.11. The van der Waals surface area contributed by atoms with Crippen molar-refractivity contribution in [2.45, 2.75) is 6.10 Å². The summed E-state index contributed by atoms with van der Waals surface area (Å²) < 4.78 is 15.4. The van der Waals surface area contributed by atoms with Gasteiger partial charge in [0.15, 0.2) is 0 Å². The molecule has 2 aromatic carbocycles. The lowest BCUT2D eigenvalue weighted by molar-refractivity contribution is 0.0916. The number of halogens is 2. The number of benzene rings is 2. The van der Waals surface area contributed by atoms with Gasteiger partial charge in [-0.25, -0.2) is 9.07 Å². The Bertz CT molecular complexity index is 863. The number of rotatable bonds is 5. The number of amides is 1. The lowest BCUT2D eigenvalue weighted by atomic mass is 10.1. The van der Waals surface area contributed by atoms with Crippen molar-refractivity contribution in [3.05, 3.63) is 82.3 Å². The van der Waals surface area contributed by atoms with Crippen LogP contribution in [0.25, 0.3) is 5.69 Å². The second kappa shape index (κ2) is 7.58. The van der Waals surface area contributed by atoms with E-state index < -0.39 is 6.10 Å². The molecule has 1 heterocycles. The maximum Gasteiger partial charge on any atom is 0.254 e. The molecule has 0 saturated carbocycles. The Labute approximate surface area is 152 Å². The number of aliphatic hydroxyl groups excluding tert-OH is 1. The molecule has 0 aliphatic carbocycles. The Hall–Kier alpha value is -2.51. The van der Waals surface area contributed by atoms with Crippen LogP contribution < -0.4 is 5.32 Å². The maximum atomic E-state index is 12.9. The zero-order valence-electron chi connectivity index (χ0n) is 13.1. The largest absolute Gasteiger partial charge is 0.387 e. The van der Waals surface area contributed by atoms with Crippen molar-refractivity contribution >= 4 is 21.8 Å². The minimum Gasteiger partial charge on any atom is -0.387 e. The van der Waals surface area contributed by atoms with Crippen molar-refractivity contribution in [1.29, 1.82) is 0 Å². The van der Waals surface area contributed by atoms with Crippen LogP contribution in [0.4, 0.5) is 4.39 Å². The van der Waals surface area contributed by atoms with Crippen molar-refractivity contribution in [2.75, 3.05) is 6.54 Å². The van der Waals surface area contributed by atoms with Gasteiger partial charge in [-0.2, -0.15) is 5.10 Å².